The summed E-state index contributed by atoms with van der Waals surface area (Å²) >= 11 is 0. The summed E-state index contributed by atoms with van der Waals surface area (Å²) < 4.78 is 5.31. The van der Waals surface area contributed by atoms with Crippen LogP contribution in [0.4, 0.5) is 17.1 Å². The standard InChI is InChI=1S/C20H16N4O2/c1-26-19-5-3-2-4-17(19)23-16-10-11-22-18(12-16)20(25)24-15-8-6-14(13-21)7-9-15/h2-12H,1H3,(H,22,23)(H,24,25). The Morgan fingerprint density at radius 3 is 2.58 bits per heavy atom. The van der Waals surface area contributed by atoms with Gasteiger partial charge in [0.2, 0.25) is 0 Å². The molecule has 1 heterocycles. The number of ether oxygens (including phenoxy) is 1. The predicted octanol–water partition coefficient (Wildman–Crippen LogP) is 3.96. The zero-order chi connectivity index (χ0) is 18.4. The number of methoxy groups -OCH3 is 1. The van der Waals surface area contributed by atoms with Gasteiger partial charge in [-0.15, -0.1) is 0 Å². The number of hydrogen-bond donors (Lipinski definition) is 2. The third kappa shape index (κ3) is 3.97. The van der Waals surface area contributed by atoms with Gasteiger partial charge in [-0.2, -0.15) is 5.26 Å². The van der Waals surface area contributed by atoms with Crippen molar-refractivity contribution in [2.24, 2.45) is 0 Å². The minimum atomic E-state index is -0.335. The zero-order valence-corrected chi connectivity index (χ0v) is 14.1. The van der Waals surface area contributed by atoms with Crippen LogP contribution < -0.4 is 15.4 Å². The Balaban J connectivity index is 1.75. The molecule has 0 aliphatic carbocycles. The lowest BCUT2D eigenvalue weighted by Gasteiger charge is -2.11. The number of para-hydroxylation sites is 2. The van der Waals surface area contributed by atoms with Crippen LogP contribution in [0.15, 0.2) is 66.9 Å². The Labute approximate surface area is 151 Å². The second-order valence-electron chi connectivity index (χ2n) is 5.40. The Bertz CT molecular complexity index is 962. The van der Waals surface area contributed by atoms with Gasteiger partial charge >= 0.3 is 0 Å². The van der Waals surface area contributed by atoms with Crippen molar-refractivity contribution in [1.82, 2.24) is 4.98 Å². The van der Waals surface area contributed by atoms with Gasteiger partial charge in [0.25, 0.3) is 5.91 Å². The summed E-state index contributed by atoms with van der Waals surface area (Å²) in [6.45, 7) is 0. The van der Waals surface area contributed by atoms with Gasteiger partial charge in [0.15, 0.2) is 0 Å². The van der Waals surface area contributed by atoms with Crippen LogP contribution >= 0.6 is 0 Å². The van der Waals surface area contributed by atoms with E-state index in [0.717, 1.165) is 11.4 Å². The number of carbonyl (C=O) groups excluding carboxylic acids is 1. The third-order valence-corrected chi connectivity index (χ3v) is 3.65. The van der Waals surface area contributed by atoms with Crippen molar-refractivity contribution in [3.8, 4) is 11.8 Å². The molecular weight excluding hydrogens is 328 g/mol. The fourth-order valence-electron chi connectivity index (χ4n) is 2.36. The highest BCUT2D eigenvalue weighted by Gasteiger charge is 2.10. The molecule has 0 bridgehead atoms. The highest BCUT2D eigenvalue weighted by molar-refractivity contribution is 6.03. The molecule has 0 spiro atoms. The third-order valence-electron chi connectivity index (χ3n) is 3.65. The number of nitrogens with one attached hydrogen (secondary N) is 2. The molecule has 2 aromatic carbocycles. The van der Waals surface area contributed by atoms with E-state index in [1.807, 2.05) is 30.3 Å². The molecular formula is C20H16N4O2. The monoisotopic (exact) mass is 344 g/mol. The number of benzene rings is 2. The Kier molecular flexibility index (Phi) is 5.11. The first-order valence-corrected chi connectivity index (χ1v) is 7.87. The molecule has 3 aromatic rings. The summed E-state index contributed by atoms with van der Waals surface area (Å²) in [5.74, 6) is 0.367. The van der Waals surface area contributed by atoms with Crippen LogP contribution in [0.2, 0.25) is 0 Å². The molecule has 0 unspecified atom stereocenters. The van der Waals surface area contributed by atoms with E-state index in [0.29, 0.717) is 17.0 Å². The first-order valence-electron chi connectivity index (χ1n) is 7.87. The summed E-state index contributed by atoms with van der Waals surface area (Å²) in [6, 6.07) is 19.6. The van der Waals surface area contributed by atoms with Gasteiger partial charge in [-0.05, 0) is 48.5 Å². The number of nitrogens with zero attached hydrogens (tertiary/aromatic N) is 2. The van der Waals surface area contributed by atoms with Gasteiger partial charge in [-0.3, -0.25) is 9.78 Å². The molecule has 0 saturated heterocycles. The molecule has 3 rings (SSSR count). The minimum absolute atomic E-state index is 0.272. The normalized spacial score (nSPS) is 9.85. The van der Waals surface area contributed by atoms with Gasteiger partial charge in [-0.25, -0.2) is 0 Å². The van der Waals surface area contributed by atoms with Crippen LogP contribution in [0.3, 0.4) is 0 Å². The number of rotatable bonds is 5. The van der Waals surface area contributed by atoms with E-state index in [1.54, 1.807) is 49.7 Å². The highest BCUT2D eigenvalue weighted by atomic mass is 16.5. The lowest BCUT2D eigenvalue weighted by atomic mass is 10.2. The number of anilines is 3. The molecule has 0 aliphatic rings. The average molecular weight is 344 g/mol. The number of nitriles is 1. The van der Waals surface area contributed by atoms with Crippen LogP contribution in [0.5, 0.6) is 5.75 Å². The van der Waals surface area contributed by atoms with E-state index in [4.69, 9.17) is 10.00 Å². The fraction of sp³-hybridized carbons (Fsp3) is 0.0500. The molecule has 2 N–H and O–H groups in total. The number of carbonyl (C=O) groups is 1. The van der Waals surface area contributed by atoms with Crippen molar-refractivity contribution in [1.29, 1.82) is 5.26 Å². The largest absolute Gasteiger partial charge is 0.495 e. The molecule has 0 saturated carbocycles. The maximum absolute atomic E-state index is 12.4. The molecule has 6 nitrogen and oxygen atoms in total. The smallest absolute Gasteiger partial charge is 0.274 e. The van der Waals surface area contributed by atoms with Crippen molar-refractivity contribution >= 4 is 23.0 Å². The highest BCUT2D eigenvalue weighted by Crippen LogP contribution is 2.27. The summed E-state index contributed by atoms with van der Waals surface area (Å²) in [6.07, 6.45) is 1.56. The Morgan fingerprint density at radius 1 is 1.08 bits per heavy atom. The lowest BCUT2D eigenvalue weighted by molar-refractivity contribution is 0.102. The van der Waals surface area contributed by atoms with Crippen LogP contribution in [-0.2, 0) is 0 Å². The van der Waals surface area contributed by atoms with E-state index in [-0.39, 0.29) is 11.6 Å². The van der Waals surface area contributed by atoms with Gasteiger partial charge in [-0.1, -0.05) is 12.1 Å². The zero-order valence-electron chi connectivity index (χ0n) is 14.1. The first kappa shape index (κ1) is 17.0. The topological polar surface area (TPSA) is 87.0 Å². The molecule has 1 amide bonds. The van der Waals surface area contributed by atoms with Crippen LogP contribution in [-0.4, -0.2) is 18.0 Å². The number of amides is 1. The number of aromatic nitrogens is 1. The molecule has 0 radical (unpaired) electrons. The molecule has 0 atom stereocenters. The fourth-order valence-corrected chi connectivity index (χ4v) is 2.36. The molecule has 128 valence electrons. The van der Waals surface area contributed by atoms with Crippen molar-refractivity contribution in [3.05, 3.63) is 78.1 Å². The lowest BCUT2D eigenvalue weighted by Crippen LogP contribution is -2.13. The maximum atomic E-state index is 12.4. The van der Waals surface area contributed by atoms with E-state index in [2.05, 4.69) is 15.6 Å². The van der Waals surface area contributed by atoms with Gasteiger partial charge in [0, 0.05) is 17.6 Å². The quantitative estimate of drug-likeness (QED) is 0.731. The van der Waals surface area contributed by atoms with E-state index in [1.165, 1.54) is 0 Å². The molecule has 26 heavy (non-hydrogen) atoms. The van der Waals surface area contributed by atoms with E-state index in [9.17, 15) is 4.79 Å². The summed E-state index contributed by atoms with van der Waals surface area (Å²) in [7, 11) is 1.60. The van der Waals surface area contributed by atoms with E-state index < -0.39 is 0 Å². The minimum Gasteiger partial charge on any atom is -0.495 e. The SMILES string of the molecule is COc1ccccc1Nc1ccnc(C(=O)Nc2ccc(C#N)cc2)c1. The molecule has 0 fully saturated rings. The van der Waals surface area contributed by atoms with Gasteiger partial charge < -0.3 is 15.4 Å². The number of hydrogen-bond acceptors (Lipinski definition) is 5. The van der Waals surface area contributed by atoms with Crippen LogP contribution in [0.1, 0.15) is 16.1 Å². The van der Waals surface area contributed by atoms with Gasteiger partial charge in [0.1, 0.15) is 11.4 Å². The Hall–Kier alpha value is -3.85. The van der Waals surface area contributed by atoms with Gasteiger partial charge in [0.05, 0.1) is 24.4 Å². The summed E-state index contributed by atoms with van der Waals surface area (Å²) in [5, 5.41) is 14.8. The summed E-state index contributed by atoms with van der Waals surface area (Å²) in [5.41, 5.74) is 2.91. The first-order chi connectivity index (χ1) is 12.7. The average Bonchev–Trinajstić information content (AvgIpc) is 2.69. The second-order valence-corrected chi connectivity index (χ2v) is 5.40. The van der Waals surface area contributed by atoms with Crippen molar-refractivity contribution < 1.29 is 9.53 Å². The second kappa shape index (κ2) is 7.81. The Morgan fingerprint density at radius 2 is 1.85 bits per heavy atom. The van der Waals surface area contributed by atoms with Crippen LogP contribution in [0.25, 0.3) is 0 Å². The maximum Gasteiger partial charge on any atom is 0.274 e. The molecule has 0 aliphatic heterocycles. The summed E-state index contributed by atoms with van der Waals surface area (Å²) in [4.78, 5) is 16.5. The van der Waals surface area contributed by atoms with Crippen molar-refractivity contribution in [2.75, 3.05) is 17.7 Å². The predicted molar refractivity (Wildman–Crippen MR) is 99.6 cm³/mol. The molecule has 1 aromatic heterocycles. The van der Waals surface area contributed by atoms with Crippen molar-refractivity contribution in [3.63, 3.8) is 0 Å². The van der Waals surface area contributed by atoms with E-state index >= 15 is 0 Å². The van der Waals surface area contributed by atoms with Crippen molar-refractivity contribution in [2.45, 2.75) is 0 Å². The number of pyridine rings is 1. The van der Waals surface area contributed by atoms with Crippen LogP contribution in [0, 0.1) is 11.3 Å². The molecule has 6 heteroatoms.